The summed E-state index contributed by atoms with van der Waals surface area (Å²) >= 11 is 0. The normalized spacial score (nSPS) is 14.9. The van der Waals surface area contributed by atoms with Gasteiger partial charge in [-0.25, -0.2) is 0 Å². The number of benzene rings is 1. The minimum atomic E-state index is -0.134. The van der Waals surface area contributed by atoms with Gasteiger partial charge in [0, 0.05) is 19.1 Å². The predicted molar refractivity (Wildman–Crippen MR) is 87.2 cm³/mol. The van der Waals surface area contributed by atoms with Crippen LogP contribution in [-0.2, 0) is 11.2 Å². The summed E-state index contributed by atoms with van der Waals surface area (Å²) in [6, 6.07) is 8.53. The maximum atomic E-state index is 12.2. The second kappa shape index (κ2) is 8.28. The van der Waals surface area contributed by atoms with Crippen molar-refractivity contribution in [2.24, 2.45) is 11.7 Å². The highest BCUT2D eigenvalue weighted by Gasteiger charge is 2.24. The average molecular weight is 299 g/mol. The van der Waals surface area contributed by atoms with Crippen LogP contribution in [0.5, 0.6) is 0 Å². The maximum absolute atomic E-state index is 12.2. The maximum Gasteiger partial charge on any atom is 0.226 e. The third-order valence-electron chi connectivity index (χ3n) is 3.84. The minimum Gasteiger partial charge on any atom is -0.342 e. The Bertz CT molecular complexity index is 417. The van der Waals surface area contributed by atoms with Gasteiger partial charge in [0.05, 0.1) is 5.92 Å². The van der Waals surface area contributed by atoms with Crippen molar-refractivity contribution < 1.29 is 4.79 Å². The van der Waals surface area contributed by atoms with Gasteiger partial charge in [0.2, 0.25) is 5.91 Å². The largest absolute Gasteiger partial charge is 0.342 e. The molecule has 3 unspecified atom stereocenters. The molecule has 1 aromatic rings. The van der Waals surface area contributed by atoms with Gasteiger partial charge in [-0.2, -0.15) is 0 Å². The van der Waals surface area contributed by atoms with Crippen LogP contribution in [-0.4, -0.2) is 29.9 Å². The molecule has 1 rings (SSSR count). The van der Waals surface area contributed by atoms with Crippen LogP contribution in [0.25, 0.3) is 0 Å². The molecular weight excluding hydrogens is 272 g/mol. The van der Waals surface area contributed by atoms with E-state index in [0.717, 1.165) is 6.42 Å². The van der Waals surface area contributed by atoms with E-state index in [1.165, 1.54) is 11.1 Å². The third kappa shape index (κ3) is 5.14. The second-order valence-electron chi connectivity index (χ2n) is 5.64. The SMILES string of the molecule is Cc1ccc(CC(C)N(C)C(=O)C(C)C(C)N)cc1.Cl. The molecule has 0 aliphatic heterocycles. The number of likely N-dealkylation sites (N-methyl/N-ethyl adjacent to an activating group) is 1. The topological polar surface area (TPSA) is 46.3 Å². The summed E-state index contributed by atoms with van der Waals surface area (Å²) < 4.78 is 0. The number of carbonyl (C=O) groups is 1. The molecule has 0 aliphatic rings. The average Bonchev–Trinajstić information content (AvgIpc) is 2.38. The Balaban J connectivity index is 0.00000361. The fourth-order valence-electron chi connectivity index (χ4n) is 1.97. The highest BCUT2D eigenvalue weighted by molar-refractivity contribution is 5.85. The van der Waals surface area contributed by atoms with Gasteiger partial charge in [-0.1, -0.05) is 36.8 Å². The molecule has 4 heteroatoms. The van der Waals surface area contributed by atoms with Gasteiger partial charge in [-0.05, 0) is 32.8 Å². The summed E-state index contributed by atoms with van der Waals surface area (Å²) in [4.78, 5) is 14.0. The summed E-state index contributed by atoms with van der Waals surface area (Å²) in [5, 5.41) is 0. The van der Waals surface area contributed by atoms with Gasteiger partial charge in [0.1, 0.15) is 0 Å². The lowest BCUT2D eigenvalue weighted by Gasteiger charge is -2.29. The molecule has 0 aliphatic carbocycles. The first-order valence-corrected chi connectivity index (χ1v) is 6.90. The van der Waals surface area contributed by atoms with Crippen molar-refractivity contribution in [2.45, 2.75) is 46.2 Å². The van der Waals surface area contributed by atoms with E-state index in [4.69, 9.17) is 5.73 Å². The molecule has 1 aromatic carbocycles. The molecule has 0 aromatic heterocycles. The van der Waals surface area contributed by atoms with Crippen molar-refractivity contribution in [1.29, 1.82) is 0 Å². The molecule has 114 valence electrons. The van der Waals surface area contributed by atoms with Crippen LogP contribution in [0, 0.1) is 12.8 Å². The van der Waals surface area contributed by atoms with Gasteiger partial charge < -0.3 is 10.6 Å². The number of amides is 1. The van der Waals surface area contributed by atoms with Gasteiger partial charge in [0.15, 0.2) is 0 Å². The molecule has 3 atom stereocenters. The molecule has 20 heavy (non-hydrogen) atoms. The van der Waals surface area contributed by atoms with Gasteiger partial charge >= 0.3 is 0 Å². The molecule has 3 nitrogen and oxygen atoms in total. The fourth-order valence-corrected chi connectivity index (χ4v) is 1.97. The Hall–Kier alpha value is -1.06. The Morgan fingerprint density at radius 1 is 1.20 bits per heavy atom. The molecule has 0 fully saturated rings. The van der Waals surface area contributed by atoms with Crippen LogP contribution in [0.4, 0.5) is 0 Å². The Kier molecular flexibility index (Phi) is 7.84. The molecule has 0 saturated carbocycles. The van der Waals surface area contributed by atoms with Crippen LogP contribution in [0.2, 0.25) is 0 Å². The highest BCUT2D eigenvalue weighted by atomic mass is 35.5. The van der Waals surface area contributed by atoms with E-state index in [9.17, 15) is 4.79 Å². The Labute approximate surface area is 128 Å². The van der Waals surface area contributed by atoms with Crippen LogP contribution in [0.3, 0.4) is 0 Å². The van der Waals surface area contributed by atoms with Crippen molar-refractivity contribution in [1.82, 2.24) is 4.90 Å². The van der Waals surface area contributed by atoms with Crippen LogP contribution in [0.15, 0.2) is 24.3 Å². The lowest BCUT2D eigenvalue weighted by Crippen LogP contribution is -2.44. The van der Waals surface area contributed by atoms with E-state index in [2.05, 4.69) is 38.1 Å². The summed E-state index contributed by atoms with van der Waals surface area (Å²) in [6.07, 6.45) is 0.869. The smallest absolute Gasteiger partial charge is 0.226 e. The van der Waals surface area contributed by atoms with Crippen molar-refractivity contribution in [3.8, 4) is 0 Å². The third-order valence-corrected chi connectivity index (χ3v) is 3.84. The lowest BCUT2D eigenvalue weighted by molar-refractivity contribution is -0.135. The molecule has 1 amide bonds. The molecule has 0 heterocycles. The minimum absolute atomic E-state index is 0. The van der Waals surface area contributed by atoms with E-state index < -0.39 is 0 Å². The molecule has 2 N–H and O–H groups in total. The number of hydrogen-bond donors (Lipinski definition) is 1. The number of nitrogens with two attached hydrogens (primary N) is 1. The first kappa shape index (κ1) is 18.9. The van der Waals surface area contributed by atoms with Crippen molar-refractivity contribution >= 4 is 18.3 Å². The van der Waals surface area contributed by atoms with Crippen LogP contribution in [0.1, 0.15) is 31.9 Å². The molecular formula is C16H27ClN2O. The van der Waals surface area contributed by atoms with Gasteiger partial charge in [0.25, 0.3) is 0 Å². The quantitative estimate of drug-likeness (QED) is 0.908. The van der Waals surface area contributed by atoms with E-state index >= 15 is 0 Å². The number of hydrogen-bond acceptors (Lipinski definition) is 2. The zero-order chi connectivity index (χ0) is 14.6. The number of halogens is 1. The van der Waals surface area contributed by atoms with Crippen molar-refractivity contribution in [2.75, 3.05) is 7.05 Å². The standard InChI is InChI=1S/C16H26N2O.ClH/c1-11-6-8-15(9-7-11)10-12(2)18(5)16(19)13(3)14(4)17;/h6-9,12-14H,10,17H2,1-5H3;1H. The molecule has 0 saturated heterocycles. The first-order chi connectivity index (χ1) is 8.82. The second-order valence-corrected chi connectivity index (χ2v) is 5.64. The number of nitrogens with zero attached hydrogens (tertiary/aromatic N) is 1. The van der Waals surface area contributed by atoms with Crippen LogP contribution >= 0.6 is 12.4 Å². The van der Waals surface area contributed by atoms with Gasteiger partial charge in [-0.3, -0.25) is 4.79 Å². The number of carbonyl (C=O) groups excluding carboxylic acids is 1. The van der Waals surface area contributed by atoms with E-state index in [1.54, 1.807) is 0 Å². The van der Waals surface area contributed by atoms with Crippen LogP contribution < -0.4 is 5.73 Å². The van der Waals surface area contributed by atoms with Crippen molar-refractivity contribution in [3.05, 3.63) is 35.4 Å². The highest BCUT2D eigenvalue weighted by Crippen LogP contribution is 2.12. The molecule has 0 radical (unpaired) electrons. The summed E-state index contributed by atoms with van der Waals surface area (Å²) in [6.45, 7) is 7.92. The zero-order valence-corrected chi connectivity index (χ0v) is 13.9. The summed E-state index contributed by atoms with van der Waals surface area (Å²) in [5.41, 5.74) is 8.31. The Morgan fingerprint density at radius 2 is 1.70 bits per heavy atom. The van der Waals surface area contributed by atoms with E-state index in [-0.39, 0.29) is 36.3 Å². The predicted octanol–water partition coefficient (Wildman–Crippen LogP) is 2.79. The molecule has 0 bridgehead atoms. The Morgan fingerprint density at radius 3 is 2.15 bits per heavy atom. The zero-order valence-electron chi connectivity index (χ0n) is 13.1. The summed E-state index contributed by atoms with van der Waals surface area (Å²) in [5.74, 6) is -0.0138. The van der Waals surface area contributed by atoms with Crippen molar-refractivity contribution in [3.63, 3.8) is 0 Å². The number of aryl methyl sites for hydroxylation is 1. The fraction of sp³-hybridized carbons (Fsp3) is 0.562. The first-order valence-electron chi connectivity index (χ1n) is 6.90. The van der Waals surface area contributed by atoms with E-state index in [1.807, 2.05) is 25.8 Å². The lowest BCUT2D eigenvalue weighted by atomic mass is 10.0. The monoisotopic (exact) mass is 298 g/mol. The van der Waals surface area contributed by atoms with Gasteiger partial charge in [-0.15, -0.1) is 12.4 Å². The van der Waals surface area contributed by atoms with E-state index in [0.29, 0.717) is 0 Å². The summed E-state index contributed by atoms with van der Waals surface area (Å²) in [7, 11) is 1.86. The molecule has 0 spiro atoms. The number of rotatable bonds is 5.